The van der Waals surface area contributed by atoms with E-state index in [4.69, 9.17) is 5.11 Å². The Labute approximate surface area is 74.0 Å². The molecule has 0 radical (unpaired) electrons. The van der Waals surface area contributed by atoms with Gasteiger partial charge >= 0.3 is 5.69 Å². The first-order chi connectivity index (χ1) is 6.13. The number of nitrogens with zero attached hydrogens (tertiary/aromatic N) is 1. The van der Waals surface area contributed by atoms with Crippen molar-refractivity contribution < 1.29 is 5.11 Å². The summed E-state index contributed by atoms with van der Waals surface area (Å²) in [5.41, 5.74) is -0.424. The van der Waals surface area contributed by atoms with Crippen LogP contribution in [0.3, 0.4) is 0 Å². The van der Waals surface area contributed by atoms with Gasteiger partial charge in [0.1, 0.15) is 0 Å². The number of aromatic amines is 1. The molecule has 5 heteroatoms. The molecule has 0 aliphatic heterocycles. The van der Waals surface area contributed by atoms with E-state index in [1.54, 1.807) is 0 Å². The lowest BCUT2D eigenvalue weighted by Crippen LogP contribution is -2.29. The predicted octanol–water partition coefficient (Wildman–Crippen LogP) is -0.915. The summed E-state index contributed by atoms with van der Waals surface area (Å²) in [6.07, 6.45) is 1.36. The Morgan fingerprint density at radius 1 is 1.62 bits per heavy atom. The van der Waals surface area contributed by atoms with Gasteiger partial charge in [-0.3, -0.25) is 14.3 Å². The van der Waals surface area contributed by atoms with Crippen LogP contribution in [0.5, 0.6) is 0 Å². The molecule has 2 N–H and O–H groups in total. The number of aliphatic hydroxyl groups is 1. The third-order valence-corrected chi connectivity index (χ3v) is 1.51. The minimum atomic E-state index is -0.498. The number of nitrogens with one attached hydrogen (secondary N) is 1. The molecule has 70 valence electrons. The second kappa shape index (κ2) is 3.86. The Morgan fingerprint density at radius 3 is 2.85 bits per heavy atom. The van der Waals surface area contributed by atoms with Gasteiger partial charge in [-0.25, -0.2) is 4.79 Å². The van der Waals surface area contributed by atoms with Crippen LogP contribution in [0.25, 0.3) is 0 Å². The molecule has 0 amide bonds. The highest BCUT2D eigenvalue weighted by Crippen LogP contribution is 1.90. The molecule has 0 saturated carbocycles. The molecule has 0 atom stereocenters. The highest BCUT2D eigenvalue weighted by Gasteiger charge is 1.97. The fourth-order valence-corrected chi connectivity index (χ4v) is 0.860. The molecule has 0 spiro atoms. The lowest BCUT2D eigenvalue weighted by Gasteiger charge is -2.03. The van der Waals surface area contributed by atoms with Crippen LogP contribution in [0.1, 0.15) is 0 Å². The van der Waals surface area contributed by atoms with Crippen molar-refractivity contribution >= 4 is 0 Å². The molecule has 13 heavy (non-hydrogen) atoms. The van der Waals surface area contributed by atoms with Gasteiger partial charge in [0.2, 0.25) is 0 Å². The monoisotopic (exact) mass is 182 g/mol. The SMILES string of the molecule is C=C(CO)Cn1ccc(=O)[nH]c1=O. The van der Waals surface area contributed by atoms with Crippen molar-refractivity contribution in [3.63, 3.8) is 0 Å². The van der Waals surface area contributed by atoms with E-state index in [2.05, 4.69) is 11.6 Å². The van der Waals surface area contributed by atoms with Crippen LogP contribution in [-0.2, 0) is 6.54 Å². The van der Waals surface area contributed by atoms with Crippen molar-refractivity contribution in [3.05, 3.63) is 45.3 Å². The second-order valence-electron chi connectivity index (χ2n) is 2.65. The molecular weight excluding hydrogens is 172 g/mol. The first kappa shape index (κ1) is 9.47. The summed E-state index contributed by atoms with van der Waals surface area (Å²) in [6.45, 7) is 3.57. The number of hydrogen-bond donors (Lipinski definition) is 2. The van der Waals surface area contributed by atoms with Crippen molar-refractivity contribution in [2.75, 3.05) is 6.61 Å². The van der Waals surface area contributed by atoms with E-state index >= 15 is 0 Å². The Morgan fingerprint density at radius 2 is 2.31 bits per heavy atom. The molecule has 1 aromatic heterocycles. The second-order valence-corrected chi connectivity index (χ2v) is 2.65. The number of H-pyrrole nitrogens is 1. The van der Waals surface area contributed by atoms with Gasteiger partial charge in [0, 0.05) is 18.8 Å². The molecule has 5 nitrogen and oxygen atoms in total. The molecule has 1 aromatic rings. The summed E-state index contributed by atoms with van der Waals surface area (Å²) < 4.78 is 1.26. The Balaban J connectivity index is 2.97. The maximum atomic E-state index is 11.1. The number of rotatable bonds is 3. The van der Waals surface area contributed by atoms with Crippen LogP contribution < -0.4 is 11.2 Å². The van der Waals surface area contributed by atoms with Crippen LogP contribution >= 0.6 is 0 Å². The van der Waals surface area contributed by atoms with Crippen molar-refractivity contribution in [3.8, 4) is 0 Å². The van der Waals surface area contributed by atoms with Crippen LogP contribution in [-0.4, -0.2) is 21.3 Å². The van der Waals surface area contributed by atoms with Crippen LogP contribution in [0.2, 0.25) is 0 Å². The quantitative estimate of drug-likeness (QED) is 0.594. The average Bonchev–Trinajstić information content (AvgIpc) is 2.09. The smallest absolute Gasteiger partial charge is 0.328 e. The summed E-state index contributed by atoms with van der Waals surface area (Å²) in [5.74, 6) is 0. The minimum absolute atomic E-state index is 0.175. The van der Waals surface area contributed by atoms with Gasteiger partial charge in [-0.15, -0.1) is 0 Å². The summed E-state index contributed by atoms with van der Waals surface area (Å²) in [6, 6.07) is 1.24. The fraction of sp³-hybridized carbons (Fsp3) is 0.250. The number of hydrogen-bond acceptors (Lipinski definition) is 3. The molecule has 1 rings (SSSR count). The van der Waals surface area contributed by atoms with Crippen LogP contribution in [0, 0.1) is 0 Å². The van der Waals surface area contributed by atoms with Gasteiger partial charge in [-0.2, -0.15) is 0 Å². The summed E-state index contributed by atoms with van der Waals surface area (Å²) in [7, 11) is 0. The highest BCUT2D eigenvalue weighted by molar-refractivity contribution is 4.95. The van der Waals surface area contributed by atoms with E-state index in [1.165, 1.54) is 16.8 Å². The first-order valence-electron chi connectivity index (χ1n) is 3.71. The Bertz CT molecular complexity index is 416. The minimum Gasteiger partial charge on any atom is -0.392 e. The largest absolute Gasteiger partial charge is 0.392 e. The molecule has 0 fully saturated rings. The lowest BCUT2D eigenvalue weighted by atomic mass is 10.3. The van der Waals surface area contributed by atoms with Gasteiger partial charge < -0.3 is 5.11 Å². The van der Waals surface area contributed by atoms with Crippen LogP contribution in [0.4, 0.5) is 0 Å². The van der Waals surface area contributed by atoms with Crippen molar-refractivity contribution in [2.24, 2.45) is 0 Å². The molecule has 0 bridgehead atoms. The van der Waals surface area contributed by atoms with Gasteiger partial charge in [-0.05, 0) is 5.57 Å². The average molecular weight is 182 g/mol. The van der Waals surface area contributed by atoms with Crippen LogP contribution in [0.15, 0.2) is 34.0 Å². The zero-order chi connectivity index (χ0) is 9.84. The summed E-state index contributed by atoms with van der Waals surface area (Å²) in [5, 5.41) is 8.65. The molecular formula is C8H10N2O3. The fourth-order valence-electron chi connectivity index (χ4n) is 0.860. The van der Waals surface area contributed by atoms with E-state index in [1.807, 2.05) is 0 Å². The van der Waals surface area contributed by atoms with Gasteiger partial charge in [-0.1, -0.05) is 6.58 Å². The zero-order valence-corrected chi connectivity index (χ0v) is 6.99. The first-order valence-corrected chi connectivity index (χ1v) is 3.71. The Kier molecular flexibility index (Phi) is 2.81. The molecule has 1 heterocycles. The molecule has 0 aliphatic carbocycles. The molecule has 0 aromatic carbocycles. The van der Waals surface area contributed by atoms with Crippen molar-refractivity contribution in [1.82, 2.24) is 9.55 Å². The summed E-state index contributed by atoms with van der Waals surface area (Å²) >= 11 is 0. The third-order valence-electron chi connectivity index (χ3n) is 1.51. The molecule has 0 aliphatic rings. The number of aromatic nitrogens is 2. The van der Waals surface area contributed by atoms with Crippen molar-refractivity contribution in [1.29, 1.82) is 0 Å². The zero-order valence-electron chi connectivity index (χ0n) is 6.99. The topological polar surface area (TPSA) is 75.1 Å². The summed E-state index contributed by atoms with van der Waals surface area (Å²) in [4.78, 5) is 23.8. The molecule has 0 unspecified atom stereocenters. The van der Waals surface area contributed by atoms with Gasteiger partial charge in [0.05, 0.1) is 6.61 Å². The van der Waals surface area contributed by atoms with E-state index < -0.39 is 11.2 Å². The third kappa shape index (κ3) is 2.41. The molecule has 0 saturated heterocycles. The maximum absolute atomic E-state index is 11.1. The standard InChI is InChI=1S/C8H10N2O3/c1-6(5-11)4-10-3-2-7(12)9-8(10)13/h2-3,11H,1,4-5H2,(H,9,12,13). The predicted molar refractivity (Wildman–Crippen MR) is 47.5 cm³/mol. The van der Waals surface area contributed by atoms with E-state index in [0.717, 1.165) is 0 Å². The van der Waals surface area contributed by atoms with Crippen molar-refractivity contribution in [2.45, 2.75) is 6.54 Å². The van der Waals surface area contributed by atoms with Gasteiger partial charge in [0.15, 0.2) is 0 Å². The normalized spacial score (nSPS) is 9.92. The number of aliphatic hydroxyl groups excluding tert-OH is 1. The highest BCUT2D eigenvalue weighted by atomic mass is 16.3. The lowest BCUT2D eigenvalue weighted by molar-refractivity contribution is 0.324. The van der Waals surface area contributed by atoms with E-state index in [-0.39, 0.29) is 13.2 Å². The van der Waals surface area contributed by atoms with E-state index in [0.29, 0.717) is 5.57 Å². The van der Waals surface area contributed by atoms with Gasteiger partial charge in [0.25, 0.3) is 5.56 Å². The Hall–Kier alpha value is -1.62. The van der Waals surface area contributed by atoms with E-state index in [9.17, 15) is 9.59 Å². The maximum Gasteiger partial charge on any atom is 0.328 e.